The van der Waals surface area contributed by atoms with Crippen molar-refractivity contribution in [1.82, 2.24) is 4.90 Å². The second-order valence-electron chi connectivity index (χ2n) is 6.79. The number of rotatable bonds is 6. The molecular weight excluding hydrogens is 420 g/mol. The Bertz CT molecular complexity index is 1030. The summed E-state index contributed by atoms with van der Waals surface area (Å²) in [5, 5.41) is 2.81. The number of carbonyl (C=O) groups is 2. The van der Waals surface area contributed by atoms with Gasteiger partial charge in [-0.15, -0.1) is 0 Å². The first-order valence-electron chi connectivity index (χ1n) is 9.57. The number of nitrogens with zero attached hydrogens (tertiary/aromatic N) is 1. The van der Waals surface area contributed by atoms with Crippen molar-refractivity contribution in [2.75, 3.05) is 18.7 Å². The molecule has 154 valence electrons. The van der Waals surface area contributed by atoms with E-state index in [0.717, 1.165) is 12.0 Å². The van der Waals surface area contributed by atoms with Crippen LogP contribution in [0.3, 0.4) is 0 Å². The molecule has 2 heterocycles. The molecule has 6 nitrogen and oxygen atoms in total. The third-order valence-electron chi connectivity index (χ3n) is 4.78. The number of hydrogen-bond donors (Lipinski definition) is 1. The molecule has 2 aromatic rings. The summed E-state index contributed by atoms with van der Waals surface area (Å²) in [5.74, 6) is 0.881. The van der Waals surface area contributed by atoms with Crippen LogP contribution in [0.4, 0.5) is 5.69 Å². The molecule has 2 aromatic carbocycles. The predicted octanol–water partition coefficient (Wildman–Crippen LogP) is 4.21. The number of aryl methyl sites for hydroxylation is 1. The van der Waals surface area contributed by atoms with E-state index in [4.69, 9.17) is 21.7 Å². The van der Waals surface area contributed by atoms with Crippen LogP contribution < -0.4 is 14.8 Å². The molecule has 30 heavy (non-hydrogen) atoms. The molecule has 0 aliphatic carbocycles. The standard InChI is InChI=1S/C22H20N2O4S2/c1-2-14-3-5-15(6-4-14)11-19-21(26)24(22(29)30-19)10-9-20(25)23-16-7-8-17-18(12-16)28-13-27-17/h3-8,11-12H,2,9-10,13H2,1H3,(H,23,25). The van der Waals surface area contributed by atoms with E-state index in [1.54, 1.807) is 18.2 Å². The molecule has 0 radical (unpaired) electrons. The van der Waals surface area contributed by atoms with E-state index < -0.39 is 0 Å². The van der Waals surface area contributed by atoms with Gasteiger partial charge in [0.25, 0.3) is 5.91 Å². The number of hydrogen-bond acceptors (Lipinski definition) is 6. The van der Waals surface area contributed by atoms with Crippen LogP contribution >= 0.6 is 24.0 Å². The van der Waals surface area contributed by atoms with E-state index in [-0.39, 0.29) is 31.6 Å². The predicted molar refractivity (Wildman–Crippen MR) is 122 cm³/mol. The highest BCUT2D eigenvalue weighted by atomic mass is 32.2. The van der Waals surface area contributed by atoms with Crippen molar-refractivity contribution in [3.8, 4) is 11.5 Å². The Kier molecular flexibility index (Phi) is 6.06. The van der Waals surface area contributed by atoms with Crippen LogP contribution in [0.5, 0.6) is 11.5 Å². The van der Waals surface area contributed by atoms with Gasteiger partial charge in [0.05, 0.1) is 4.91 Å². The number of thiocarbonyl (C=S) groups is 1. The van der Waals surface area contributed by atoms with Gasteiger partial charge in [-0.1, -0.05) is 55.2 Å². The van der Waals surface area contributed by atoms with Crippen molar-refractivity contribution in [1.29, 1.82) is 0 Å². The summed E-state index contributed by atoms with van der Waals surface area (Å²) in [5.41, 5.74) is 2.81. The normalized spacial score (nSPS) is 16.4. The fraction of sp³-hybridized carbons (Fsp3) is 0.227. The van der Waals surface area contributed by atoms with Crippen LogP contribution in [0.15, 0.2) is 47.4 Å². The van der Waals surface area contributed by atoms with Crippen molar-refractivity contribution < 1.29 is 19.1 Å². The van der Waals surface area contributed by atoms with E-state index >= 15 is 0 Å². The number of ether oxygens (including phenoxy) is 2. The smallest absolute Gasteiger partial charge is 0.266 e. The van der Waals surface area contributed by atoms with Gasteiger partial charge in [-0.25, -0.2) is 0 Å². The van der Waals surface area contributed by atoms with E-state index in [0.29, 0.717) is 26.4 Å². The number of benzene rings is 2. The van der Waals surface area contributed by atoms with Crippen LogP contribution in [-0.4, -0.2) is 34.4 Å². The summed E-state index contributed by atoms with van der Waals surface area (Å²) in [4.78, 5) is 27.1. The fourth-order valence-electron chi connectivity index (χ4n) is 3.10. The highest BCUT2D eigenvalue weighted by Gasteiger charge is 2.32. The lowest BCUT2D eigenvalue weighted by Gasteiger charge is -2.14. The molecule has 0 bridgehead atoms. The third-order valence-corrected chi connectivity index (χ3v) is 6.16. The van der Waals surface area contributed by atoms with Gasteiger partial charge in [0.1, 0.15) is 4.32 Å². The summed E-state index contributed by atoms with van der Waals surface area (Å²) in [6.45, 7) is 2.51. The molecule has 4 rings (SSSR count). The van der Waals surface area contributed by atoms with E-state index in [1.807, 2.05) is 30.3 Å². The zero-order valence-corrected chi connectivity index (χ0v) is 18.0. The Morgan fingerprint density at radius 2 is 1.97 bits per heavy atom. The second-order valence-corrected chi connectivity index (χ2v) is 8.47. The topological polar surface area (TPSA) is 67.9 Å². The number of carbonyl (C=O) groups excluding carboxylic acids is 2. The molecule has 0 unspecified atom stereocenters. The van der Waals surface area contributed by atoms with Crippen LogP contribution in [0.2, 0.25) is 0 Å². The maximum atomic E-state index is 12.7. The zero-order chi connectivity index (χ0) is 21.1. The molecule has 0 aromatic heterocycles. The molecule has 0 spiro atoms. The highest BCUT2D eigenvalue weighted by molar-refractivity contribution is 8.26. The van der Waals surface area contributed by atoms with Crippen molar-refractivity contribution in [2.24, 2.45) is 0 Å². The quantitative estimate of drug-likeness (QED) is 0.536. The van der Waals surface area contributed by atoms with Gasteiger partial charge in [-0.3, -0.25) is 14.5 Å². The Morgan fingerprint density at radius 1 is 1.20 bits per heavy atom. The molecule has 1 N–H and O–H groups in total. The summed E-state index contributed by atoms with van der Waals surface area (Å²) >= 11 is 6.61. The second kappa shape index (κ2) is 8.89. The molecule has 1 fully saturated rings. The number of anilines is 1. The molecule has 2 aliphatic heterocycles. The van der Waals surface area contributed by atoms with Crippen LogP contribution in [0.1, 0.15) is 24.5 Å². The number of amides is 2. The van der Waals surface area contributed by atoms with Crippen molar-refractivity contribution >= 4 is 51.9 Å². The summed E-state index contributed by atoms with van der Waals surface area (Å²) in [7, 11) is 0. The first-order valence-corrected chi connectivity index (χ1v) is 10.8. The van der Waals surface area contributed by atoms with E-state index in [1.165, 1.54) is 22.2 Å². The molecule has 1 saturated heterocycles. The number of thioether (sulfide) groups is 1. The molecule has 0 atom stereocenters. The molecular formula is C22H20N2O4S2. The van der Waals surface area contributed by atoms with Gasteiger partial charge >= 0.3 is 0 Å². The molecule has 2 aliphatic rings. The van der Waals surface area contributed by atoms with Gasteiger partial charge < -0.3 is 14.8 Å². The van der Waals surface area contributed by atoms with Crippen LogP contribution in [-0.2, 0) is 16.0 Å². The van der Waals surface area contributed by atoms with E-state index in [9.17, 15) is 9.59 Å². The van der Waals surface area contributed by atoms with Crippen LogP contribution in [0.25, 0.3) is 6.08 Å². The number of fused-ring (bicyclic) bond motifs is 1. The maximum absolute atomic E-state index is 12.7. The minimum atomic E-state index is -0.206. The first-order chi connectivity index (χ1) is 14.5. The molecule has 0 saturated carbocycles. The van der Waals surface area contributed by atoms with Crippen molar-refractivity contribution in [3.63, 3.8) is 0 Å². The van der Waals surface area contributed by atoms with Gasteiger partial charge in [0.2, 0.25) is 12.7 Å². The summed E-state index contributed by atoms with van der Waals surface area (Å²) in [6, 6.07) is 13.3. The fourth-order valence-corrected chi connectivity index (χ4v) is 4.41. The summed E-state index contributed by atoms with van der Waals surface area (Å²) in [6.07, 6.45) is 2.95. The Morgan fingerprint density at radius 3 is 2.73 bits per heavy atom. The van der Waals surface area contributed by atoms with Gasteiger partial charge in [0, 0.05) is 24.7 Å². The highest BCUT2D eigenvalue weighted by Crippen LogP contribution is 2.35. The minimum Gasteiger partial charge on any atom is -0.454 e. The third kappa shape index (κ3) is 4.49. The van der Waals surface area contributed by atoms with Gasteiger partial charge in [0.15, 0.2) is 11.5 Å². The lowest BCUT2D eigenvalue weighted by Crippen LogP contribution is -2.31. The SMILES string of the molecule is CCc1ccc(C=C2SC(=S)N(CCC(=O)Nc3ccc4c(c3)OCO4)C2=O)cc1. The van der Waals surface area contributed by atoms with Gasteiger partial charge in [-0.05, 0) is 35.8 Å². The first kappa shape index (κ1) is 20.4. The summed E-state index contributed by atoms with van der Waals surface area (Å²) < 4.78 is 11.0. The maximum Gasteiger partial charge on any atom is 0.266 e. The average molecular weight is 441 g/mol. The van der Waals surface area contributed by atoms with Gasteiger partial charge in [-0.2, -0.15) is 0 Å². The lowest BCUT2D eigenvalue weighted by molar-refractivity contribution is -0.122. The lowest BCUT2D eigenvalue weighted by atomic mass is 10.1. The van der Waals surface area contributed by atoms with Crippen molar-refractivity contribution in [3.05, 3.63) is 58.5 Å². The largest absolute Gasteiger partial charge is 0.454 e. The van der Waals surface area contributed by atoms with Crippen molar-refractivity contribution in [2.45, 2.75) is 19.8 Å². The Hall–Kier alpha value is -2.84. The Labute approximate surface area is 184 Å². The molecule has 8 heteroatoms. The minimum absolute atomic E-state index is 0.138. The number of nitrogens with one attached hydrogen (secondary N) is 1. The zero-order valence-electron chi connectivity index (χ0n) is 16.3. The Balaban J connectivity index is 1.35. The van der Waals surface area contributed by atoms with E-state index in [2.05, 4.69) is 12.2 Å². The average Bonchev–Trinajstić information content (AvgIpc) is 3.31. The molecule has 2 amide bonds. The monoisotopic (exact) mass is 440 g/mol. The van der Waals surface area contributed by atoms with Crippen LogP contribution in [0, 0.1) is 0 Å².